The Labute approximate surface area is 126 Å². The number of hydrogen-bond donors (Lipinski definition) is 3. The van der Waals surface area contributed by atoms with E-state index in [0.29, 0.717) is 10.2 Å². The van der Waals surface area contributed by atoms with Gasteiger partial charge < -0.3 is 15.7 Å². The Hall–Kier alpha value is -0.920. The van der Waals surface area contributed by atoms with Crippen molar-refractivity contribution >= 4 is 21.6 Å². The summed E-state index contributed by atoms with van der Waals surface area (Å²) in [6.07, 6.45) is 3.87. The molecule has 112 valence electrons. The minimum absolute atomic E-state index is 0.100. The summed E-state index contributed by atoms with van der Waals surface area (Å²) in [4.78, 5) is 12.0. The lowest BCUT2D eigenvalue weighted by molar-refractivity contribution is 0.247. The van der Waals surface area contributed by atoms with E-state index in [1.807, 2.05) is 0 Å². The van der Waals surface area contributed by atoms with Gasteiger partial charge in [0.25, 0.3) is 5.56 Å². The number of piperidine rings is 1. The zero-order chi connectivity index (χ0) is 14.6. The lowest BCUT2D eigenvalue weighted by Gasteiger charge is -2.34. The summed E-state index contributed by atoms with van der Waals surface area (Å²) in [6, 6.07) is 0. The highest BCUT2D eigenvalue weighted by Gasteiger charge is 2.26. The number of rotatable bonds is 5. The van der Waals surface area contributed by atoms with Crippen LogP contribution < -0.4 is 16.2 Å². The summed E-state index contributed by atoms with van der Waals surface area (Å²) in [5.74, 6) is 0. The summed E-state index contributed by atoms with van der Waals surface area (Å²) in [5, 5.41) is 19.6. The topological polar surface area (TPSA) is 79.2 Å². The smallest absolute Gasteiger partial charge is 0.283 e. The number of halogens is 1. The monoisotopic (exact) mass is 344 g/mol. The second-order valence-electron chi connectivity index (χ2n) is 5.54. The van der Waals surface area contributed by atoms with E-state index >= 15 is 0 Å². The fourth-order valence-corrected chi connectivity index (χ4v) is 2.81. The minimum atomic E-state index is -0.223. The van der Waals surface area contributed by atoms with Gasteiger partial charge in [0.05, 0.1) is 25.0 Å². The van der Waals surface area contributed by atoms with Crippen LogP contribution in [0.15, 0.2) is 15.5 Å². The number of nitrogens with zero attached hydrogens (tertiary/aromatic N) is 2. The maximum atomic E-state index is 12.0. The van der Waals surface area contributed by atoms with E-state index in [0.717, 1.165) is 32.5 Å². The minimum Gasteiger partial charge on any atom is -0.394 e. The van der Waals surface area contributed by atoms with Crippen LogP contribution in [0.1, 0.15) is 19.8 Å². The standard InChI is InChI=1S/C13H21BrN4O2/c1-13(2-4-15-5-3-13)9-16-10-8-17-18(6-7-19)12(20)11(10)14/h8,15-16,19H,2-7,9H2,1H3. The Morgan fingerprint density at radius 1 is 1.55 bits per heavy atom. The number of aromatic nitrogens is 2. The molecule has 1 aliphatic heterocycles. The van der Waals surface area contributed by atoms with Gasteiger partial charge in [-0.2, -0.15) is 5.10 Å². The maximum Gasteiger partial charge on any atom is 0.283 e. The molecule has 6 nitrogen and oxygen atoms in total. The molecular formula is C13H21BrN4O2. The summed E-state index contributed by atoms with van der Waals surface area (Å²) in [6.45, 7) is 5.26. The summed E-state index contributed by atoms with van der Waals surface area (Å²) < 4.78 is 1.72. The lowest BCUT2D eigenvalue weighted by Crippen LogP contribution is -2.39. The molecule has 20 heavy (non-hydrogen) atoms. The van der Waals surface area contributed by atoms with Gasteiger partial charge >= 0.3 is 0 Å². The van der Waals surface area contributed by atoms with Crippen LogP contribution >= 0.6 is 15.9 Å². The average molecular weight is 345 g/mol. The molecule has 7 heteroatoms. The average Bonchev–Trinajstić information content (AvgIpc) is 2.44. The van der Waals surface area contributed by atoms with Gasteiger partial charge in [0, 0.05) is 6.54 Å². The molecule has 1 aromatic heterocycles. The Kier molecular flexibility index (Phi) is 5.17. The molecule has 1 fully saturated rings. The summed E-state index contributed by atoms with van der Waals surface area (Å²) >= 11 is 3.31. The van der Waals surface area contributed by atoms with E-state index < -0.39 is 0 Å². The second-order valence-corrected chi connectivity index (χ2v) is 6.33. The fraction of sp³-hybridized carbons (Fsp3) is 0.692. The summed E-state index contributed by atoms with van der Waals surface area (Å²) in [7, 11) is 0. The molecule has 0 amide bonds. The number of hydrogen-bond acceptors (Lipinski definition) is 5. The first kappa shape index (κ1) is 15.5. The van der Waals surface area contributed by atoms with Crippen LogP contribution in [-0.4, -0.2) is 41.1 Å². The van der Waals surface area contributed by atoms with Crippen molar-refractivity contribution in [3.8, 4) is 0 Å². The number of anilines is 1. The molecule has 0 aromatic carbocycles. The highest BCUT2D eigenvalue weighted by Crippen LogP contribution is 2.29. The van der Waals surface area contributed by atoms with E-state index in [1.165, 1.54) is 4.68 Å². The van der Waals surface area contributed by atoms with Crippen molar-refractivity contribution in [2.45, 2.75) is 26.3 Å². The normalized spacial score (nSPS) is 17.9. The Balaban J connectivity index is 2.06. The number of aliphatic hydroxyl groups excluding tert-OH is 1. The van der Waals surface area contributed by atoms with Crippen molar-refractivity contribution in [2.75, 3.05) is 31.6 Å². The van der Waals surface area contributed by atoms with E-state index in [9.17, 15) is 4.79 Å². The zero-order valence-corrected chi connectivity index (χ0v) is 13.2. The zero-order valence-electron chi connectivity index (χ0n) is 11.7. The molecule has 3 N–H and O–H groups in total. The molecule has 2 rings (SSSR count). The first-order valence-electron chi connectivity index (χ1n) is 6.87. The quantitative estimate of drug-likeness (QED) is 0.736. The molecule has 0 radical (unpaired) electrons. The van der Waals surface area contributed by atoms with Gasteiger partial charge in [-0.25, -0.2) is 4.68 Å². The van der Waals surface area contributed by atoms with E-state index in [1.54, 1.807) is 6.20 Å². The second kappa shape index (κ2) is 6.69. The van der Waals surface area contributed by atoms with Crippen LogP contribution in [0.5, 0.6) is 0 Å². The van der Waals surface area contributed by atoms with Gasteiger partial charge in [0.15, 0.2) is 0 Å². The van der Waals surface area contributed by atoms with Gasteiger partial charge in [-0.3, -0.25) is 4.79 Å². The van der Waals surface area contributed by atoms with Crippen LogP contribution in [0.25, 0.3) is 0 Å². The van der Waals surface area contributed by atoms with E-state index in [-0.39, 0.29) is 24.1 Å². The predicted octanol–water partition coefficient (Wildman–Crippen LogP) is 0.800. The fourth-order valence-electron chi connectivity index (χ4n) is 2.36. The van der Waals surface area contributed by atoms with Crippen LogP contribution in [-0.2, 0) is 6.54 Å². The highest BCUT2D eigenvalue weighted by molar-refractivity contribution is 9.10. The first-order chi connectivity index (χ1) is 9.56. The van der Waals surface area contributed by atoms with Gasteiger partial charge in [0.1, 0.15) is 4.47 Å². The lowest BCUT2D eigenvalue weighted by atomic mass is 9.81. The van der Waals surface area contributed by atoms with Crippen LogP contribution in [0.2, 0.25) is 0 Å². The molecule has 1 aromatic rings. The Morgan fingerprint density at radius 2 is 2.25 bits per heavy atom. The molecule has 0 atom stereocenters. The third-order valence-electron chi connectivity index (χ3n) is 3.81. The van der Waals surface area contributed by atoms with Gasteiger partial charge in [0.2, 0.25) is 0 Å². The van der Waals surface area contributed by atoms with Crippen molar-refractivity contribution in [2.24, 2.45) is 5.41 Å². The third-order valence-corrected chi connectivity index (χ3v) is 4.58. The van der Waals surface area contributed by atoms with Crippen molar-refractivity contribution < 1.29 is 5.11 Å². The molecule has 1 aliphatic rings. The predicted molar refractivity (Wildman–Crippen MR) is 82.0 cm³/mol. The van der Waals surface area contributed by atoms with Crippen molar-refractivity contribution in [1.82, 2.24) is 15.1 Å². The molecular weight excluding hydrogens is 324 g/mol. The van der Waals surface area contributed by atoms with Crippen LogP contribution in [0, 0.1) is 5.41 Å². The molecule has 1 saturated heterocycles. The van der Waals surface area contributed by atoms with Crippen molar-refractivity contribution in [3.63, 3.8) is 0 Å². The molecule has 0 unspecified atom stereocenters. The third kappa shape index (κ3) is 3.59. The molecule has 0 aliphatic carbocycles. The largest absolute Gasteiger partial charge is 0.394 e. The first-order valence-corrected chi connectivity index (χ1v) is 7.66. The van der Waals surface area contributed by atoms with Crippen molar-refractivity contribution in [1.29, 1.82) is 0 Å². The van der Waals surface area contributed by atoms with Gasteiger partial charge in [-0.1, -0.05) is 6.92 Å². The van der Waals surface area contributed by atoms with Gasteiger partial charge in [-0.05, 0) is 47.3 Å². The number of aliphatic hydroxyl groups is 1. The molecule has 0 saturated carbocycles. The van der Waals surface area contributed by atoms with E-state index in [4.69, 9.17) is 5.11 Å². The van der Waals surface area contributed by atoms with Crippen LogP contribution in [0.4, 0.5) is 5.69 Å². The Bertz CT molecular complexity index is 512. The molecule has 2 heterocycles. The highest BCUT2D eigenvalue weighted by atomic mass is 79.9. The molecule has 0 bridgehead atoms. The van der Waals surface area contributed by atoms with Crippen LogP contribution in [0.3, 0.4) is 0 Å². The SMILES string of the molecule is CC1(CNc2cnn(CCO)c(=O)c2Br)CCNCC1. The van der Waals surface area contributed by atoms with Crippen molar-refractivity contribution in [3.05, 3.63) is 21.0 Å². The van der Waals surface area contributed by atoms with Gasteiger partial charge in [-0.15, -0.1) is 0 Å². The summed E-state index contributed by atoms with van der Waals surface area (Å²) in [5.41, 5.74) is 0.730. The maximum absolute atomic E-state index is 12.0. The molecule has 0 spiro atoms. The number of nitrogens with one attached hydrogen (secondary N) is 2. The van der Waals surface area contributed by atoms with E-state index in [2.05, 4.69) is 38.6 Å². The Morgan fingerprint density at radius 3 is 2.90 bits per heavy atom.